The van der Waals surface area contributed by atoms with Gasteiger partial charge in [-0.3, -0.25) is 9.13 Å². The van der Waals surface area contributed by atoms with Crippen molar-refractivity contribution in [2.75, 3.05) is 20.2 Å². The highest BCUT2D eigenvalue weighted by Crippen LogP contribution is 2.26. The van der Waals surface area contributed by atoms with Gasteiger partial charge in [-0.25, -0.2) is 9.59 Å². The van der Waals surface area contributed by atoms with Crippen LogP contribution >= 0.6 is 0 Å². The maximum absolute atomic E-state index is 12.9. The molecule has 2 aromatic rings. The summed E-state index contributed by atoms with van der Waals surface area (Å²) >= 11 is 0. The van der Waals surface area contributed by atoms with Crippen molar-refractivity contribution < 1.29 is 14.3 Å². The minimum absolute atomic E-state index is 0.0594. The van der Waals surface area contributed by atoms with Gasteiger partial charge >= 0.3 is 11.8 Å². The lowest BCUT2D eigenvalue weighted by molar-refractivity contribution is 0.0188. The lowest BCUT2D eigenvalue weighted by atomic mass is 10.0. The summed E-state index contributed by atoms with van der Waals surface area (Å²) in [4.78, 5) is 26.9. The Bertz CT molecular complexity index is 839. The van der Waals surface area contributed by atoms with Gasteiger partial charge in [0.25, 0.3) is 0 Å². The third-order valence-electron chi connectivity index (χ3n) is 4.61. The Labute approximate surface area is 153 Å². The first kappa shape index (κ1) is 18.5. The van der Waals surface area contributed by atoms with Crippen molar-refractivity contribution in [3.8, 4) is 0 Å². The third kappa shape index (κ3) is 3.62. The molecule has 0 unspecified atom stereocenters. The Hall–Kier alpha value is -2.28. The lowest BCUT2D eigenvalue weighted by Crippen LogP contribution is -2.43. The van der Waals surface area contributed by atoms with E-state index in [9.17, 15) is 9.59 Å². The molecule has 1 saturated heterocycles. The van der Waals surface area contributed by atoms with Crippen molar-refractivity contribution in [3.05, 3.63) is 34.7 Å². The largest absolute Gasteiger partial charge is 0.444 e. The van der Waals surface area contributed by atoms with E-state index in [1.165, 1.54) is 0 Å². The second-order valence-electron chi connectivity index (χ2n) is 7.69. The first-order chi connectivity index (χ1) is 12.3. The van der Waals surface area contributed by atoms with E-state index in [0.29, 0.717) is 13.1 Å². The van der Waals surface area contributed by atoms with E-state index in [4.69, 9.17) is 9.47 Å². The van der Waals surface area contributed by atoms with Crippen LogP contribution in [0.1, 0.15) is 39.7 Å². The number of hydrogen-bond donors (Lipinski definition) is 0. The second kappa shape index (κ2) is 7.15. The highest BCUT2D eigenvalue weighted by atomic mass is 16.6. The van der Waals surface area contributed by atoms with Gasteiger partial charge in [-0.1, -0.05) is 12.1 Å². The van der Waals surface area contributed by atoms with Crippen LogP contribution in [0.25, 0.3) is 11.0 Å². The molecule has 1 aromatic carbocycles. The molecule has 0 spiro atoms. The summed E-state index contributed by atoms with van der Waals surface area (Å²) in [6.45, 7) is 6.97. The van der Waals surface area contributed by atoms with Gasteiger partial charge in [0.05, 0.1) is 11.0 Å². The minimum atomic E-state index is -0.502. The Morgan fingerprint density at radius 2 is 1.77 bits per heavy atom. The molecule has 1 aliphatic heterocycles. The highest BCUT2D eigenvalue weighted by Gasteiger charge is 2.29. The molecule has 3 rings (SSSR count). The van der Waals surface area contributed by atoms with Crippen molar-refractivity contribution in [2.45, 2.75) is 52.0 Å². The lowest BCUT2D eigenvalue weighted by Gasteiger charge is -2.33. The molecule has 0 saturated carbocycles. The summed E-state index contributed by atoms with van der Waals surface area (Å²) in [5.74, 6) is 0. The predicted octanol–water partition coefficient (Wildman–Crippen LogP) is 2.98. The van der Waals surface area contributed by atoms with E-state index in [1.807, 2.05) is 49.6 Å². The van der Waals surface area contributed by atoms with Crippen LogP contribution in [0.2, 0.25) is 0 Å². The quantitative estimate of drug-likeness (QED) is 0.843. The second-order valence-corrected chi connectivity index (χ2v) is 7.69. The first-order valence-electron chi connectivity index (χ1n) is 8.98. The molecule has 26 heavy (non-hydrogen) atoms. The molecule has 0 bridgehead atoms. The Morgan fingerprint density at radius 1 is 1.15 bits per heavy atom. The maximum Gasteiger partial charge on any atom is 0.410 e. The number of rotatable bonds is 3. The number of carbonyl (C=O) groups is 1. The van der Waals surface area contributed by atoms with Crippen molar-refractivity contribution in [3.63, 3.8) is 0 Å². The molecule has 1 fully saturated rings. The van der Waals surface area contributed by atoms with Crippen molar-refractivity contribution in [2.24, 2.45) is 0 Å². The van der Waals surface area contributed by atoms with E-state index in [1.54, 1.807) is 16.6 Å². The molecule has 1 amide bonds. The standard InChI is InChI=1S/C19H27N3O4/c1-19(2,3)26-18(24)20-11-9-14(10-12-20)22-16-8-6-5-7-15(16)21(13-25-4)17(22)23/h5-8,14H,9-13H2,1-4H3. The van der Waals surface area contributed by atoms with Gasteiger partial charge < -0.3 is 14.4 Å². The zero-order chi connectivity index (χ0) is 18.9. The number of piperidine rings is 1. The monoisotopic (exact) mass is 361 g/mol. The van der Waals surface area contributed by atoms with E-state index < -0.39 is 5.60 Å². The molecule has 7 nitrogen and oxygen atoms in total. The third-order valence-corrected chi connectivity index (χ3v) is 4.61. The number of ether oxygens (including phenoxy) is 2. The summed E-state index contributed by atoms with van der Waals surface area (Å²) in [5.41, 5.74) is 1.21. The average molecular weight is 361 g/mol. The van der Waals surface area contributed by atoms with Gasteiger partial charge in [0.15, 0.2) is 0 Å². The Morgan fingerprint density at radius 3 is 2.35 bits per heavy atom. The number of benzene rings is 1. The maximum atomic E-state index is 12.9. The molecule has 1 aliphatic rings. The smallest absolute Gasteiger partial charge is 0.410 e. The summed E-state index contributed by atoms with van der Waals surface area (Å²) in [6.07, 6.45) is 1.16. The van der Waals surface area contributed by atoms with E-state index >= 15 is 0 Å². The summed E-state index contributed by atoms with van der Waals surface area (Å²) in [5, 5.41) is 0. The normalized spacial score (nSPS) is 16.2. The van der Waals surface area contributed by atoms with Crippen LogP contribution in [0.4, 0.5) is 4.79 Å². The number of imidazole rings is 1. The zero-order valence-corrected chi connectivity index (χ0v) is 15.9. The van der Waals surface area contributed by atoms with Crippen molar-refractivity contribution >= 4 is 17.1 Å². The minimum Gasteiger partial charge on any atom is -0.444 e. The number of para-hydroxylation sites is 2. The van der Waals surface area contributed by atoms with Gasteiger partial charge in [0.1, 0.15) is 12.3 Å². The number of methoxy groups -OCH3 is 1. The van der Waals surface area contributed by atoms with E-state index in [2.05, 4.69) is 0 Å². The van der Waals surface area contributed by atoms with Crippen LogP contribution in [0.5, 0.6) is 0 Å². The number of likely N-dealkylation sites (tertiary alicyclic amines) is 1. The number of fused-ring (bicyclic) bond motifs is 1. The number of nitrogens with zero attached hydrogens (tertiary/aromatic N) is 3. The topological polar surface area (TPSA) is 65.7 Å². The van der Waals surface area contributed by atoms with Gasteiger partial charge in [0, 0.05) is 26.2 Å². The number of amides is 1. The van der Waals surface area contributed by atoms with Gasteiger partial charge in [-0.05, 0) is 45.7 Å². The fraction of sp³-hybridized carbons (Fsp3) is 0.579. The molecule has 0 aliphatic carbocycles. The molecule has 0 radical (unpaired) electrons. The fourth-order valence-electron chi connectivity index (χ4n) is 3.47. The Balaban J connectivity index is 1.81. The van der Waals surface area contributed by atoms with E-state index in [0.717, 1.165) is 23.9 Å². The van der Waals surface area contributed by atoms with Crippen LogP contribution in [0.15, 0.2) is 29.1 Å². The molecule has 7 heteroatoms. The number of aromatic nitrogens is 2. The highest BCUT2D eigenvalue weighted by molar-refractivity contribution is 5.76. The zero-order valence-electron chi connectivity index (χ0n) is 15.9. The van der Waals surface area contributed by atoms with Gasteiger partial charge in [-0.2, -0.15) is 0 Å². The number of hydrogen-bond acceptors (Lipinski definition) is 4. The van der Waals surface area contributed by atoms with Crippen LogP contribution in [0.3, 0.4) is 0 Å². The van der Waals surface area contributed by atoms with Crippen molar-refractivity contribution in [1.29, 1.82) is 0 Å². The van der Waals surface area contributed by atoms with Crippen LogP contribution in [0, 0.1) is 0 Å². The van der Waals surface area contributed by atoms with Crippen molar-refractivity contribution in [1.82, 2.24) is 14.0 Å². The summed E-state index contributed by atoms with van der Waals surface area (Å²) in [7, 11) is 1.58. The molecule has 2 heterocycles. The van der Waals surface area contributed by atoms with Crippen LogP contribution in [-0.4, -0.2) is 45.9 Å². The fourth-order valence-corrected chi connectivity index (χ4v) is 3.47. The molecule has 142 valence electrons. The molecular formula is C19H27N3O4. The number of carbonyl (C=O) groups excluding carboxylic acids is 1. The van der Waals surface area contributed by atoms with Crippen LogP contribution in [-0.2, 0) is 16.2 Å². The summed E-state index contributed by atoms with van der Waals surface area (Å²) < 4.78 is 14.1. The molecule has 0 atom stereocenters. The van der Waals surface area contributed by atoms with Gasteiger partial charge in [-0.15, -0.1) is 0 Å². The molecule has 0 N–H and O–H groups in total. The van der Waals surface area contributed by atoms with Gasteiger partial charge in [0.2, 0.25) is 0 Å². The summed E-state index contributed by atoms with van der Waals surface area (Å²) in [6, 6.07) is 7.81. The SMILES string of the molecule is COCn1c(=O)n(C2CCN(C(=O)OC(C)(C)C)CC2)c2ccccc21. The molecule has 1 aromatic heterocycles. The predicted molar refractivity (Wildman–Crippen MR) is 99.3 cm³/mol. The Kier molecular flexibility index (Phi) is 5.09. The average Bonchev–Trinajstić information content (AvgIpc) is 2.86. The first-order valence-corrected chi connectivity index (χ1v) is 8.98. The van der Waals surface area contributed by atoms with E-state index in [-0.39, 0.29) is 24.6 Å². The molecular weight excluding hydrogens is 334 g/mol. The van der Waals surface area contributed by atoms with Crippen LogP contribution < -0.4 is 5.69 Å².